The van der Waals surface area contributed by atoms with Crippen LogP contribution in [0.25, 0.3) is 6.08 Å². The molecule has 2 rings (SSSR count). The molecular formula is C16H12Cl3NO. The van der Waals surface area contributed by atoms with Crippen LogP contribution in [0.4, 0.5) is 5.69 Å². The highest BCUT2D eigenvalue weighted by molar-refractivity contribution is 6.42. The molecule has 5 heteroatoms. The molecule has 0 bridgehead atoms. The van der Waals surface area contributed by atoms with Crippen LogP contribution >= 0.6 is 34.8 Å². The Balaban J connectivity index is 2.07. The van der Waals surface area contributed by atoms with Crippen LogP contribution in [-0.2, 0) is 4.79 Å². The van der Waals surface area contributed by atoms with Gasteiger partial charge in [-0.05, 0) is 54.5 Å². The fourth-order valence-electron chi connectivity index (χ4n) is 1.73. The van der Waals surface area contributed by atoms with E-state index in [1.807, 2.05) is 6.92 Å². The molecule has 0 saturated carbocycles. The van der Waals surface area contributed by atoms with Gasteiger partial charge in [-0.25, -0.2) is 0 Å². The number of amides is 1. The fraction of sp³-hybridized carbons (Fsp3) is 0.0625. The predicted molar refractivity (Wildman–Crippen MR) is 90.3 cm³/mol. The Morgan fingerprint density at radius 1 is 1.05 bits per heavy atom. The minimum absolute atomic E-state index is 0.230. The van der Waals surface area contributed by atoms with Gasteiger partial charge in [0, 0.05) is 16.8 Å². The fourth-order valence-corrected chi connectivity index (χ4v) is 2.26. The minimum Gasteiger partial charge on any atom is -0.322 e. The maximum absolute atomic E-state index is 11.9. The largest absolute Gasteiger partial charge is 0.322 e. The zero-order valence-corrected chi connectivity index (χ0v) is 13.4. The van der Waals surface area contributed by atoms with E-state index in [2.05, 4.69) is 5.32 Å². The van der Waals surface area contributed by atoms with Gasteiger partial charge in [0.25, 0.3) is 0 Å². The molecule has 1 amide bonds. The number of nitrogens with one attached hydrogen (secondary N) is 1. The van der Waals surface area contributed by atoms with Crippen molar-refractivity contribution in [1.29, 1.82) is 0 Å². The smallest absolute Gasteiger partial charge is 0.248 e. The van der Waals surface area contributed by atoms with Gasteiger partial charge in [0.2, 0.25) is 5.91 Å². The zero-order chi connectivity index (χ0) is 15.4. The van der Waals surface area contributed by atoms with Crippen molar-refractivity contribution in [2.45, 2.75) is 6.92 Å². The van der Waals surface area contributed by atoms with E-state index in [-0.39, 0.29) is 5.91 Å². The lowest BCUT2D eigenvalue weighted by Crippen LogP contribution is -2.08. The number of hydrogen-bond donors (Lipinski definition) is 1. The Hall–Kier alpha value is -1.48. The first-order valence-corrected chi connectivity index (χ1v) is 7.29. The molecule has 0 saturated heterocycles. The highest BCUT2D eigenvalue weighted by atomic mass is 35.5. The molecule has 0 aliphatic carbocycles. The van der Waals surface area contributed by atoms with Gasteiger partial charge in [-0.3, -0.25) is 4.79 Å². The van der Waals surface area contributed by atoms with E-state index < -0.39 is 0 Å². The summed E-state index contributed by atoms with van der Waals surface area (Å²) >= 11 is 17.6. The predicted octanol–water partition coefficient (Wildman–Crippen LogP) is 5.61. The first-order valence-electron chi connectivity index (χ1n) is 6.16. The summed E-state index contributed by atoms with van der Waals surface area (Å²) in [6.07, 6.45) is 3.11. The summed E-state index contributed by atoms with van der Waals surface area (Å²) < 4.78 is 0. The van der Waals surface area contributed by atoms with Gasteiger partial charge in [0.15, 0.2) is 0 Å². The van der Waals surface area contributed by atoms with Crippen LogP contribution in [0.5, 0.6) is 0 Å². The van der Waals surface area contributed by atoms with Gasteiger partial charge in [0.1, 0.15) is 0 Å². The molecule has 0 radical (unpaired) electrons. The highest BCUT2D eigenvalue weighted by Gasteiger charge is 2.02. The van der Waals surface area contributed by atoms with Crippen molar-refractivity contribution in [1.82, 2.24) is 0 Å². The second-order valence-corrected chi connectivity index (χ2v) is 5.71. The lowest BCUT2D eigenvalue weighted by Gasteiger charge is -2.06. The van der Waals surface area contributed by atoms with E-state index in [1.54, 1.807) is 42.5 Å². The second-order valence-electron chi connectivity index (χ2n) is 4.46. The molecule has 2 aromatic carbocycles. The van der Waals surface area contributed by atoms with Crippen molar-refractivity contribution in [2.75, 3.05) is 5.32 Å². The monoisotopic (exact) mass is 339 g/mol. The van der Waals surface area contributed by atoms with Crippen molar-refractivity contribution in [2.24, 2.45) is 0 Å². The minimum atomic E-state index is -0.230. The molecule has 0 fully saturated rings. The maximum atomic E-state index is 11.9. The topological polar surface area (TPSA) is 29.1 Å². The number of carbonyl (C=O) groups excluding carboxylic acids is 1. The number of aryl methyl sites for hydroxylation is 1. The summed E-state index contributed by atoms with van der Waals surface area (Å²) in [6.45, 7) is 1.88. The molecule has 0 heterocycles. The van der Waals surface area contributed by atoms with Crippen LogP contribution in [0.15, 0.2) is 42.5 Å². The van der Waals surface area contributed by atoms with Gasteiger partial charge in [-0.2, -0.15) is 0 Å². The van der Waals surface area contributed by atoms with Crippen molar-refractivity contribution in [3.8, 4) is 0 Å². The van der Waals surface area contributed by atoms with Crippen LogP contribution < -0.4 is 5.32 Å². The summed E-state index contributed by atoms with van der Waals surface area (Å²) in [5.41, 5.74) is 2.43. The van der Waals surface area contributed by atoms with Gasteiger partial charge < -0.3 is 5.32 Å². The average molecular weight is 341 g/mol. The van der Waals surface area contributed by atoms with E-state index >= 15 is 0 Å². The Morgan fingerprint density at radius 2 is 1.81 bits per heavy atom. The van der Waals surface area contributed by atoms with E-state index in [0.29, 0.717) is 15.1 Å². The van der Waals surface area contributed by atoms with Gasteiger partial charge >= 0.3 is 0 Å². The van der Waals surface area contributed by atoms with Crippen molar-refractivity contribution in [3.05, 3.63) is 68.7 Å². The second kappa shape index (κ2) is 6.99. The summed E-state index contributed by atoms with van der Waals surface area (Å²) in [5, 5.41) is 4.36. The molecule has 0 aliphatic rings. The Labute approximate surface area is 138 Å². The molecule has 1 N–H and O–H groups in total. The molecular weight excluding hydrogens is 329 g/mol. The molecule has 2 nitrogen and oxygen atoms in total. The summed E-state index contributed by atoms with van der Waals surface area (Å²) in [5.74, 6) is -0.230. The van der Waals surface area contributed by atoms with Gasteiger partial charge in [-0.1, -0.05) is 40.9 Å². The Bertz CT molecular complexity index is 711. The van der Waals surface area contributed by atoms with E-state index in [9.17, 15) is 4.79 Å². The van der Waals surface area contributed by atoms with Gasteiger partial charge in [0.05, 0.1) is 10.0 Å². The molecule has 108 valence electrons. The lowest BCUT2D eigenvalue weighted by atomic mass is 10.2. The Morgan fingerprint density at radius 3 is 2.48 bits per heavy atom. The van der Waals surface area contributed by atoms with Crippen LogP contribution in [0.1, 0.15) is 11.1 Å². The Kier molecular flexibility index (Phi) is 5.29. The summed E-state index contributed by atoms with van der Waals surface area (Å²) in [6, 6.07) is 10.5. The number of rotatable bonds is 3. The normalized spacial score (nSPS) is 10.9. The summed E-state index contributed by atoms with van der Waals surface area (Å²) in [4.78, 5) is 11.9. The number of carbonyl (C=O) groups is 1. The quantitative estimate of drug-likeness (QED) is 0.723. The van der Waals surface area contributed by atoms with Crippen molar-refractivity contribution < 1.29 is 4.79 Å². The summed E-state index contributed by atoms with van der Waals surface area (Å²) in [7, 11) is 0. The number of halogens is 3. The van der Waals surface area contributed by atoms with Crippen LogP contribution in [-0.4, -0.2) is 5.91 Å². The van der Waals surface area contributed by atoms with E-state index in [1.165, 1.54) is 6.08 Å². The molecule has 21 heavy (non-hydrogen) atoms. The standard InChI is InChI=1S/C16H12Cl3NO/c1-10-8-12(17)4-6-15(10)20-16(21)7-3-11-2-5-13(18)14(19)9-11/h2-9H,1H3,(H,20,21)/b7-3+. The van der Waals surface area contributed by atoms with E-state index in [4.69, 9.17) is 34.8 Å². The molecule has 0 spiro atoms. The molecule has 0 atom stereocenters. The highest BCUT2D eigenvalue weighted by Crippen LogP contribution is 2.23. The van der Waals surface area contributed by atoms with Crippen LogP contribution in [0, 0.1) is 6.92 Å². The van der Waals surface area contributed by atoms with Crippen molar-refractivity contribution >= 4 is 52.5 Å². The third-order valence-electron chi connectivity index (χ3n) is 2.82. The first kappa shape index (κ1) is 15.9. The van der Waals surface area contributed by atoms with Crippen molar-refractivity contribution in [3.63, 3.8) is 0 Å². The average Bonchev–Trinajstić information content (AvgIpc) is 2.43. The zero-order valence-electron chi connectivity index (χ0n) is 11.2. The number of anilines is 1. The SMILES string of the molecule is Cc1cc(Cl)ccc1NC(=O)/C=C/c1ccc(Cl)c(Cl)c1. The number of benzene rings is 2. The molecule has 0 aromatic heterocycles. The van der Waals surface area contributed by atoms with Crippen LogP contribution in [0.3, 0.4) is 0 Å². The molecule has 0 unspecified atom stereocenters. The lowest BCUT2D eigenvalue weighted by molar-refractivity contribution is -0.111. The number of hydrogen-bond acceptors (Lipinski definition) is 1. The van der Waals surface area contributed by atoms with E-state index in [0.717, 1.165) is 16.8 Å². The third-order valence-corrected chi connectivity index (χ3v) is 3.79. The molecule has 0 aliphatic heterocycles. The molecule has 2 aromatic rings. The first-order chi connectivity index (χ1) is 9.95. The van der Waals surface area contributed by atoms with Crippen LogP contribution in [0.2, 0.25) is 15.1 Å². The van der Waals surface area contributed by atoms with Gasteiger partial charge in [-0.15, -0.1) is 0 Å². The maximum Gasteiger partial charge on any atom is 0.248 e. The third kappa shape index (κ3) is 4.50.